The summed E-state index contributed by atoms with van der Waals surface area (Å²) in [7, 11) is -2.34. The molecule has 0 aliphatic heterocycles. The van der Waals surface area contributed by atoms with Crippen LogP contribution in [-0.4, -0.2) is 21.4 Å². The van der Waals surface area contributed by atoms with Gasteiger partial charge in [0.1, 0.15) is 5.75 Å². The average Bonchev–Trinajstić information content (AvgIpc) is 2.95. The van der Waals surface area contributed by atoms with Gasteiger partial charge in [-0.15, -0.1) is 0 Å². The SMILES string of the molecule is CC[C@H](NC(=O)c1ccccc1N(Cc1ccccc1)S(=O)(=O)c1ccccc1)c1ccc(OC)c(C)c1. The summed E-state index contributed by atoms with van der Waals surface area (Å²) in [6, 6.07) is 30.0. The first-order chi connectivity index (χ1) is 18.3. The molecule has 0 aliphatic carbocycles. The largest absolute Gasteiger partial charge is 0.496 e. The molecule has 1 atom stereocenters. The molecule has 0 saturated heterocycles. The number of para-hydroxylation sites is 1. The van der Waals surface area contributed by atoms with E-state index in [1.807, 2.05) is 62.4 Å². The number of methoxy groups -OCH3 is 1. The first-order valence-corrected chi connectivity index (χ1v) is 13.9. The Morgan fingerprint density at radius 3 is 2.16 bits per heavy atom. The molecule has 4 rings (SSSR count). The van der Waals surface area contributed by atoms with Crippen molar-refractivity contribution in [1.29, 1.82) is 0 Å². The number of carbonyl (C=O) groups excluding carboxylic acids is 1. The standard InChI is InChI=1S/C31H32N2O4S/c1-4-28(25-19-20-30(37-3)23(2)21-25)32-31(34)27-17-11-12-18-29(27)33(22-24-13-7-5-8-14-24)38(35,36)26-15-9-6-10-16-26/h5-21,28H,4,22H2,1-3H3,(H,32,34)/t28-/m0/s1. The number of rotatable bonds is 10. The van der Waals surface area contributed by atoms with E-state index in [-0.39, 0.29) is 29.0 Å². The van der Waals surface area contributed by atoms with Gasteiger partial charge in [-0.25, -0.2) is 8.42 Å². The van der Waals surface area contributed by atoms with Gasteiger partial charge in [0.2, 0.25) is 0 Å². The van der Waals surface area contributed by atoms with Crippen LogP contribution in [0.25, 0.3) is 0 Å². The van der Waals surface area contributed by atoms with Crippen molar-refractivity contribution < 1.29 is 17.9 Å². The summed E-state index contributed by atoms with van der Waals surface area (Å²) >= 11 is 0. The molecule has 1 N–H and O–H groups in total. The van der Waals surface area contributed by atoms with Gasteiger partial charge in [-0.05, 0) is 60.4 Å². The number of nitrogens with zero attached hydrogens (tertiary/aromatic N) is 1. The molecule has 7 heteroatoms. The van der Waals surface area contributed by atoms with Crippen molar-refractivity contribution in [3.63, 3.8) is 0 Å². The molecule has 0 bridgehead atoms. The number of sulfonamides is 1. The molecule has 4 aromatic carbocycles. The number of hydrogen-bond acceptors (Lipinski definition) is 4. The van der Waals surface area contributed by atoms with Crippen LogP contribution in [0.1, 0.15) is 46.4 Å². The molecule has 0 unspecified atom stereocenters. The zero-order valence-electron chi connectivity index (χ0n) is 21.8. The maximum absolute atomic E-state index is 13.9. The second kappa shape index (κ2) is 12.0. The van der Waals surface area contributed by atoms with Gasteiger partial charge in [0, 0.05) is 0 Å². The van der Waals surface area contributed by atoms with Crippen LogP contribution < -0.4 is 14.4 Å². The van der Waals surface area contributed by atoms with E-state index in [0.29, 0.717) is 12.1 Å². The Labute approximate surface area is 225 Å². The molecule has 0 aliphatic rings. The number of aryl methyl sites for hydroxylation is 1. The average molecular weight is 529 g/mol. The van der Waals surface area contributed by atoms with Gasteiger partial charge in [-0.3, -0.25) is 9.10 Å². The lowest BCUT2D eigenvalue weighted by atomic mass is 10.0. The van der Waals surface area contributed by atoms with Crippen LogP contribution in [0.5, 0.6) is 5.75 Å². The van der Waals surface area contributed by atoms with Crippen LogP contribution in [0.2, 0.25) is 0 Å². The predicted molar refractivity (Wildman–Crippen MR) is 151 cm³/mol. The highest BCUT2D eigenvalue weighted by molar-refractivity contribution is 7.92. The first kappa shape index (κ1) is 26.9. The highest BCUT2D eigenvalue weighted by Gasteiger charge is 2.29. The molecular weight excluding hydrogens is 496 g/mol. The summed E-state index contributed by atoms with van der Waals surface area (Å²) in [6.07, 6.45) is 0.662. The maximum Gasteiger partial charge on any atom is 0.264 e. The second-order valence-electron chi connectivity index (χ2n) is 8.99. The Morgan fingerprint density at radius 1 is 0.895 bits per heavy atom. The minimum absolute atomic E-state index is 0.0806. The smallest absolute Gasteiger partial charge is 0.264 e. The summed E-state index contributed by atoms with van der Waals surface area (Å²) in [4.78, 5) is 13.8. The molecule has 1 amide bonds. The number of anilines is 1. The van der Waals surface area contributed by atoms with Crippen LogP contribution >= 0.6 is 0 Å². The fourth-order valence-electron chi connectivity index (χ4n) is 4.43. The third-order valence-corrected chi connectivity index (χ3v) is 8.23. The highest BCUT2D eigenvalue weighted by Crippen LogP contribution is 2.30. The van der Waals surface area contributed by atoms with E-state index >= 15 is 0 Å². The van der Waals surface area contributed by atoms with Gasteiger partial charge >= 0.3 is 0 Å². The topological polar surface area (TPSA) is 75.7 Å². The minimum Gasteiger partial charge on any atom is -0.496 e. The van der Waals surface area contributed by atoms with Gasteiger partial charge in [0.15, 0.2) is 0 Å². The number of carbonyl (C=O) groups is 1. The Balaban J connectivity index is 1.73. The van der Waals surface area contributed by atoms with Crippen molar-refractivity contribution in [2.75, 3.05) is 11.4 Å². The van der Waals surface area contributed by atoms with Crippen molar-refractivity contribution in [3.8, 4) is 5.75 Å². The fraction of sp³-hybridized carbons (Fsp3) is 0.194. The van der Waals surface area contributed by atoms with E-state index in [1.165, 1.54) is 4.31 Å². The first-order valence-electron chi connectivity index (χ1n) is 12.5. The highest BCUT2D eigenvalue weighted by atomic mass is 32.2. The van der Waals surface area contributed by atoms with Gasteiger partial charge < -0.3 is 10.1 Å². The summed E-state index contributed by atoms with van der Waals surface area (Å²) in [5.41, 5.74) is 3.34. The summed E-state index contributed by atoms with van der Waals surface area (Å²) in [5.74, 6) is 0.435. The number of benzene rings is 4. The Morgan fingerprint density at radius 2 is 1.53 bits per heavy atom. The van der Waals surface area contributed by atoms with Crippen LogP contribution in [0.4, 0.5) is 5.69 Å². The molecule has 0 aromatic heterocycles. The molecule has 0 heterocycles. The van der Waals surface area contributed by atoms with Crippen molar-refractivity contribution in [3.05, 3.63) is 125 Å². The van der Waals surface area contributed by atoms with Gasteiger partial charge in [-0.2, -0.15) is 0 Å². The molecule has 196 valence electrons. The maximum atomic E-state index is 13.9. The molecule has 38 heavy (non-hydrogen) atoms. The van der Waals surface area contributed by atoms with Gasteiger partial charge in [0.25, 0.3) is 15.9 Å². The third-order valence-electron chi connectivity index (χ3n) is 6.45. The van der Waals surface area contributed by atoms with Crippen LogP contribution in [-0.2, 0) is 16.6 Å². The normalized spacial score (nSPS) is 12.0. The van der Waals surface area contributed by atoms with Crippen molar-refractivity contribution in [2.45, 2.75) is 37.8 Å². The minimum atomic E-state index is -3.97. The van der Waals surface area contributed by atoms with E-state index < -0.39 is 10.0 Å². The Bertz CT molecular complexity index is 1490. The fourth-order valence-corrected chi connectivity index (χ4v) is 5.92. The summed E-state index contributed by atoms with van der Waals surface area (Å²) in [6.45, 7) is 4.04. The number of nitrogens with one attached hydrogen (secondary N) is 1. The molecule has 6 nitrogen and oxygen atoms in total. The van der Waals surface area contributed by atoms with Crippen molar-refractivity contribution in [2.24, 2.45) is 0 Å². The molecule has 0 radical (unpaired) electrons. The van der Waals surface area contributed by atoms with E-state index in [4.69, 9.17) is 4.74 Å². The Hall–Kier alpha value is -4.10. The van der Waals surface area contributed by atoms with Crippen LogP contribution in [0.3, 0.4) is 0 Å². The number of amides is 1. The zero-order valence-corrected chi connectivity index (χ0v) is 22.6. The predicted octanol–water partition coefficient (Wildman–Crippen LogP) is 6.28. The summed E-state index contributed by atoms with van der Waals surface area (Å²) in [5, 5.41) is 3.11. The van der Waals surface area contributed by atoms with E-state index in [9.17, 15) is 13.2 Å². The molecule has 0 fully saturated rings. The van der Waals surface area contributed by atoms with E-state index in [0.717, 1.165) is 22.4 Å². The summed E-state index contributed by atoms with van der Waals surface area (Å²) < 4.78 is 34.5. The number of hydrogen-bond donors (Lipinski definition) is 1. The van der Waals surface area contributed by atoms with E-state index in [2.05, 4.69) is 5.32 Å². The van der Waals surface area contributed by atoms with Crippen molar-refractivity contribution >= 4 is 21.6 Å². The zero-order chi connectivity index (χ0) is 27.1. The molecular formula is C31H32N2O4S. The van der Waals surface area contributed by atoms with Crippen LogP contribution in [0.15, 0.2) is 108 Å². The van der Waals surface area contributed by atoms with Crippen molar-refractivity contribution in [1.82, 2.24) is 5.32 Å². The monoisotopic (exact) mass is 528 g/mol. The lowest BCUT2D eigenvalue weighted by molar-refractivity contribution is 0.0936. The Kier molecular flexibility index (Phi) is 8.48. The lowest BCUT2D eigenvalue weighted by Gasteiger charge is -2.27. The van der Waals surface area contributed by atoms with E-state index in [1.54, 1.807) is 61.7 Å². The van der Waals surface area contributed by atoms with Crippen LogP contribution in [0, 0.1) is 6.92 Å². The lowest BCUT2D eigenvalue weighted by Crippen LogP contribution is -2.34. The molecule has 0 saturated carbocycles. The third kappa shape index (κ3) is 5.89. The van der Waals surface area contributed by atoms with Gasteiger partial charge in [-0.1, -0.05) is 79.7 Å². The molecule has 4 aromatic rings. The second-order valence-corrected chi connectivity index (χ2v) is 10.9. The molecule has 0 spiro atoms. The number of ether oxygens (including phenoxy) is 1. The quantitative estimate of drug-likeness (QED) is 0.263. The van der Waals surface area contributed by atoms with Gasteiger partial charge in [0.05, 0.1) is 35.8 Å².